The second-order valence-corrected chi connectivity index (χ2v) is 5.57. The molecule has 0 fully saturated rings. The summed E-state index contributed by atoms with van der Waals surface area (Å²) >= 11 is 0. The number of aromatic nitrogens is 2. The number of carbonyl (C=O) groups is 1. The van der Waals surface area contributed by atoms with Crippen LogP contribution < -0.4 is 5.32 Å². The zero-order chi connectivity index (χ0) is 16.5. The zero-order valence-corrected chi connectivity index (χ0v) is 13.8. The van der Waals surface area contributed by atoms with Crippen LogP contribution in [0.3, 0.4) is 0 Å². The van der Waals surface area contributed by atoms with Gasteiger partial charge in [0.05, 0.1) is 11.3 Å². The monoisotopic (exact) mass is 312 g/mol. The number of rotatable bonds is 8. The van der Waals surface area contributed by atoms with E-state index in [2.05, 4.69) is 22.2 Å². The molecule has 0 aliphatic heterocycles. The second-order valence-electron chi connectivity index (χ2n) is 5.57. The van der Waals surface area contributed by atoms with E-state index < -0.39 is 0 Å². The van der Waals surface area contributed by atoms with Gasteiger partial charge in [0.1, 0.15) is 0 Å². The SMILES string of the molecule is CCCCNc1cncc(C(=O)N(C)CCc2ccncc2)c1. The number of carbonyl (C=O) groups excluding carboxylic acids is 1. The number of unbranched alkanes of at least 4 members (excludes halogenated alkanes) is 1. The maximum Gasteiger partial charge on any atom is 0.255 e. The van der Waals surface area contributed by atoms with Crippen molar-refractivity contribution in [2.75, 3.05) is 25.5 Å². The summed E-state index contributed by atoms with van der Waals surface area (Å²) in [5.74, 6) is -0.00861. The number of likely N-dealkylation sites (N-methyl/N-ethyl adjacent to an activating group) is 1. The van der Waals surface area contributed by atoms with Gasteiger partial charge in [-0.3, -0.25) is 14.8 Å². The fourth-order valence-corrected chi connectivity index (χ4v) is 2.23. The van der Waals surface area contributed by atoms with Crippen molar-refractivity contribution in [1.29, 1.82) is 0 Å². The minimum absolute atomic E-state index is 0.00861. The number of anilines is 1. The van der Waals surface area contributed by atoms with E-state index in [-0.39, 0.29) is 5.91 Å². The average molecular weight is 312 g/mol. The molecule has 0 spiro atoms. The molecule has 0 saturated heterocycles. The molecule has 0 saturated carbocycles. The molecule has 2 aromatic heterocycles. The number of nitrogens with zero attached hydrogens (tertiary/aromatic N) is 3. The number of pyridine rings is 2. The Morgan fingerprint density at radius 1 is 1.22 bits per heavy atom. The molecule has 5 nitrogen and oxygen atoms in total. The Hall–Kier alpha value is -2.43. The first-order chi connectivity index (χ1) is 11.2. The first-order valence-corrected chi connectivity index (χ1v) is 8.04. The van der Waals surface area contributed by atoms with E-state index in [4.69, 9.17) is 0 Å². The quantitative estimate of drug-likeness (QED) is 0.761. The number of nitrogens with one attached hydrogen (secondary N) is 1. The third kappa shape index (κ3) is 5.36. The van der Waals surface area contributed by atoms with E-state index in [0.29, 0.717) is 12.1 Å². The normalized spacial score (nSPS) is 10.3. The lowest BCUT2D eigenvalue weighted by Gasteiger charge is -2.17. The van der Waals surface area contributed by atoms with Crippen molar-refractivity contribution >= 4 is 11.6 Å². The highest BCUT2D eigenvalue weighted by atomic mass is 16.2. The summed E-state index contributed by atoms with van der Waals surface area (Å²) in [6.45, 7) is 3.71. The van der Waals surface area contributed by atoms with E-state index in [1.807, 2.05) is 25.2 Å². The Labute approximate surface area is 137 Å². The highest BCUT2D eigenvalue weighted by Crippen LogP contribution is 2.11. The highest BCUT2D eigenvalue weighted by molar-refractivity contribution is 5.94. The summed E-state index contributed by atoms with van der Waals surface area (Å²) in [7, 11) is 1.82. The third-order valence-electron chi connectivity index (χ3n) is 3.68. The lowest BCUT2D eigenvalue weighted by atomic mass is 10.2. The Balaban J connectivity index is 1.92. The molecule has 1 amide bonds. The van der Waals surface area contributed by atoms with Crippen LogP contribution >= 0.6 is 0 Å². The minimum Gasteiger partial charge on any atom is -0.384 e. The van der Waals surface area contributed by atoms with Gasteiger partial charge in [0.2, 0.25) is 0 Å². The topological polar surface area (TPSA) is 58.1 Å². The largest absolute Gasteiger partial charge is 0.384 e. The summed E-state index contributed by atoms with van der Waals surface area (Å²) in [5.41, 5.74) is 2.68. The number of hydrogen-bond donors (Lipinski definition) is 1. The first kappa shape index (κ1) is 16.9. The van der Waals surface area contributed by atoms with Gasteiger partial charge in [-0.15, -0.1) is 0 Å². The van der Waals surface area contributed by atoms with E-state index in [9.17, 15) is 4.79 Å². The van der Waals surface area contributed by atoms with E-state index >= 15 is 0 Å². The van der Waals surface area contributed by atoms with Gasteiger partial charge in [-0.1, -0.05) is 13.3 Å². The molecule has 0 aliphatic carbocycles. The van der Waals surface area contributed by atoms with Crippen LogP contribution in [0.2, 0.25) is 0 Å². The molecule has 2 rings (SSSR count). The zero-order valence-electron chi connectivity index (χ0n) is 13.8. The van der Waals surface area contributed by atoms with Crippen LogP contribution in [0.1, 0.15) is 35.7 Å². The fourth-order valence-electron chi connectivity index (χ4n) is 2.23. The highest BCUT2D eigenvalue weighted by Gasteiger charge is 2.12. The number of hydrogen-bond acceptors (Lipinski definition) is 4. The number of amides is 1. The van der Waals surface area contributed by atoms with Gasteiger partial charge in [-0.25, -0.2) is 0 Å². The molecule has 5 heteroatoms. The molecule has 1 N–H and O–H groups in total. The Kier molecular flexibility index (Phi) is 6.54. The molecular formula is C18H24N4O. The molecule has 0 bridgehead atoms. The molecule has 0 aliphatic rings. The van der Waals surface area contributed by atoms with Crippen molar-refractivity contribution < 1.29 is 4.79 Å². The first-order valence-electron chi connectivity index (χ1n) is 8.04. The maximum absolute atomic E-state index is 12.5. The third-order valence-corrected chi connectivity index (χ3v) is 3.68. The van der Waals surface area contributed by atoms with Crippen LogP contribution in [-0.4, -0.2) is 40.9 Å². The van der Waals surface area contributed by atoms with Gasteiger partial charge >= 0.3 is 0 Å². The summed E-state index contributed by atoms with van der Waals surface area (Å²) in [6, 6.07) is 5.81. The molecule has 122 valence electrons. The Morgan fingerprint density at radius 3 is 2.74 bits per heavy atom. The Morgan fingerprint density at radius 2 is 2.00 bits per heavy atom. The molecule has 0 atom stereocenters. The summed E-state index contributed by atoms with van der Waals surface area (Å²) in [4.78, 5) is 22.4. The average Bonchev–Trinajstić information content (AvgIpc) is 2.60. The molecular weight excluding hydrogens is 288 g/mol. The van der Waals surface area contributed by atoms with Crippen LogP contribution in [0, 0.1) is 0 Å². The molecule has 23 heavy (non-hydrogen) atoms. The van der Waals surface area contributed by atoms with E-state index in [1.165, 1.54) is 5.56 Å². The predicted molar refractivity (Wildman–Crippen MR) is 92.5 cm³/mol. The van der Waals surface area contributed by atoms with Crippen LogP contribution in [0.5, 0.6) is 0 Å². The molecule has 2 heterocycles. The minimum atomic E-state index is -0.00861. The molecule has 0 unspecified atom stereocenters. The van der Waals surface area contributed by atoms with Gasteiger partial charge in [0.25, 0.3) is 5.91 Å². The Bertz CT molecular complexity index is 615. The van der Waals surface area contributed by atoms with Crippen LogP contribution in [0.4, 0.5) is 5.69 Å². The van der Waals surface area contributed by atoms with Gasteiger partial charge < -0.3 is 10.2 Å². The lowest BCUT2D eigenvalue weighted by molar-refractivity contribution is 0.0796. The molecule has 0 radical (unpaired) electrons. The van der Waals surface area contributed by atoms with Gasteiger partial charge in [0, 0.05) is 44.9 Å². The lowest BCUT2D eigenvalue weighted by Crippen LogP contribution is -2.29. The van der Waals surface area contributed by atoms with Crippen molar-refractivity contribution in [3.63, 3.8) is 0 Å². The van der Waals surface area contributed by atoms with Crippen LogP contribution in [0.25, 0.3) is 0 Å². The molecule has 2 aromatic rings. The van der Waals surface area contributed by atoms with Gasteiger partial charge in [-0.2, -0.15) is 0 Å². The predicted octanol–water partition coefficient (Wildman–Crippen LogP) is 3.00. The van der Waals surface area contributed by atoms with Gasteiger partial charge in [-0.05, 0) is 36.6 Å². The van der Waals surface area contributed by atoms with Crippen molar-refractivity contribution in [2.24, 2.45) is 0 Å². The summed E-state index contributed by atoms with van der Waals surface area (Å²) in [6.07, 6.45) is 9.96. The van der Waals surface area contributed by atoms with Crippen LogP contribution in [0.15, 0.2) is 43.0 Å². The fraction of sp³-hybridized carbons (Fsp3) is 0.389. The smallest absolute Gasteiger partial charge is 0.255 e. The molecule has 0 aromatic carbocycles. The van der Waals surface area contributed by atoms with Gasteiger partial charge in [0.15, 0.2) is 0 Å². The second kappa shape index (κ2) is 8.88. The van der Waals surface area contributed by atoms with Crippen molar-refractivity contribution in [2.45, 2.75) is 26.2 Å². The maximum atomic E-state index is 12.5. The summed E-state index contributed by atoms with van der Waals surface area (Å²) in [5, 5.41) is 3.30. The standard InChI is InChI=1S/C18H24N4O/c1-3-4-8-21-17-12-16(13-20-14-17)18(23)22(2)11-7-15-5-9-19-10-6-15/h5-6,9-10,12-14,21H,3-4,7-8,11H2,1-2H3. The van der Waals surface area contributed by atoms with Crippen molar-refractivity contribution in [3.8, 4) is 0 Å². The van der Waals surface area contributed by atoms with Crippen molar-refractivity contribution in [1.82, 2.24) is 14.9 Å². The summed E-state index contributed by atoms with van der Waals surface area (Å²) < 4.78 is 0. The van der Waals surface area contributed by atoms with Crippen LogP contribution in [-0.2, 0) is 6.42 Å². The van der Waals surface area contributed by atoms with E-state index in [1.54, 1.807) is 29.7 Å². The van der Waals surface area contributed by atoms with E-state index in [0.717, 1.165) is 31.5 Å². The van der Waals surface area contributed by atoms with Crippen molar-refractivity contribution in [3.05, 3.63) is 54.1 Å².